The molecule has 0 heterocycles. The highest BCUT2D eigenvalue weighted by Gasteiger charge is 2.34. The van der Waals surface area contributed by atoms with Crippen LogP contribution in [-0.4, -0.2) is 68.4 Å². The first kappa shape index (κ1) is 30.7. The first-order chi connectivity index (χ1) is 15.3. The van der Waals surface area contributed by atoms with Gasteiger partial charge in [0.05, 0.1) is 6.61 Å². The summed E-state index contributed by atoms with van der Waals surface area (Å²) in [7, 11) is 0. The Morgan fingerprint density at radius 1 is 0.750 bits per heavy atom. The number of nitrogens with one attached hydrogen (secondary N) is 1. The Bertz CT molecular complexity index is 513. The van der Waals surface area contributed by atoms with Gasteiger partial charge in [-0.15, -0.1) is 0 Å². The molecule has 0 aromatic heterocycles. The Hall–Kier alpha value is -1.32. The summed E-state index contributed by atoms with van der Waals surface area (Å²) >= 11 is 0. The van der Waals surface area contributed by atoms with Crippen molar-refractivity contribution in [3.8, 4) is 0 Å². The van der Waals surface area contributed by atoms with E-state index in [2.05, 4.69) is 19.1 Å². The summed E-state index contributed by atoms with van der Waals surface area (Å²) in [6.45, 7) is 1.38. The van der Waals surface area contributed by atoms with Crippen molar-refractivity contribution in [2.45, 2.75) is 121 Å². The summed E-state index contributed by atoms with van der Waals surface area (Å²) in [6, 6.07) is 0. The summed E-state index contributed by atoms with van der Waals surface area (Å²) in [5, 5.41) is 48.8. The van der Waals surface area contributed by atoms with E-state index < -0.39 is 42.8 Å². The SMILES string of the molecule is CCCCCCCCC=CCCCCCCCC(=O)NC(=O)[C@H](O)[C@@H](O)[C@H](O)[C@H](O)CO. The van der Waals surface area contributed by atoms with Crippen molar-refractivity contribution < 1.29 is 35.1 Å². The third-order valence-electron chi connectivity index (χ3n) is 5.45. The highest BCUT2D eigenvalue weighted by Crippen LogP contribution is 2.10. The maximum Gasteiger partial charge on any atom is 0.258 e. The average Bonchev–Trinajstić information content (AvgIpc) is 2.79. The number of allylic oxidation sites excluding steroid dienone is 2. The van der Waals surface area contributed by atoms with Crippen LogP contribution in [0.4, 0.5) is 0 Å². The van der Waals surface area contributed by atoms with Crippen LogP contribution in [0, 0.1) is 0 Å². The standard InChI is InChI=1S/C24H45NO7/c1-2-3-4-5-6-7-8-9-10-11-12-13-14-15-16-17-20(28)25-24(32)23(31)22(30)21(29)19(27)18-26/h9-10,19,21-23,26-27,29-31H,2-8,11-18H2,1H3,(H,25,28,32)/t19-,21-,22+,23-/m1/s1. The number of imide groups is 1. The zero-order valence-electron chi connectivity index (χ0n) is 19.6. The number of aliphatic hydroxyl groups is 5. The van der Waals surface area contributed by atoms with E-state index in [9.17, 15) is 30.0 Å². The Morgan fingerprint density at radius 3 is 1.78 bits per heavy atom. The lowest BCUT2D eigenvalue weighted by atomic mass is 10.0. The van der Waals surface area contributed by atoms with Crippen molar-refractivity contribution in [3.63, 3.8) is 0 Å². The highest BCUT2D eigenvalue weighted by atomic mass is 16.4. The van der Waals surface area contributed by atoms with Gasteiger partial charge in [0, 0.05) is 6.42 Å². The molecule has 0 spiro atoms. The summed E-state index contributed by atoms with van der Waals surface area (Å²) in [4.78, 5) is 23.6. The molecular weight excluding hydrogens is 414 g/mol. The van der Waals surface area contributed by atoms with E-state index >= 15 is 0 Å². The molecule has 8 nitrogen and oxygen atoms in total. The molecule has 0 aliphatic carbocycles. The minimum absolute atomic E-state index is 0.120. The van der Waals surface area contributed by atoms with Crippen molar-refractivity contribution in [2.75, 3.05) is 6.61 Å². The number of hydrogen-bond donors (Lipinski definition) is 6. The van der Waals surface area contributed by atoms with Gasteiger partial charge in [-0.2, -0.15) is 0 Å². The molecule has 2 amide bonds. The van der Waals surface area contributed by atoms with E-state index in [0.29, 0.717) is 6.42 Å². The molecule has 0 bridgehead atoms. The van der Waals surface area contributed by atoms with Crippen LogP contribution in [0.5, 0.6) is 0 Å². The second-order valence-electron chi connectivity index (χ2n) is 8.42. The molecule has 0 saturated heterocycles. The fourth-order valence-corrected chi connectivity index (χ4v) is 3.31. The molecule has 0 aliphatic rings. The number of amides is 2. The van der Waals surface area contributed by atoms with Crippen LogP contribution in [-0.2, 0) is 9.59 Å². The predicted molar refractivity (Wildman–Crippen MR) is 124 cm³/mol. The molecule has 0 radical (unpaired) electrons. The molecule has 0 aromatic carbocycles. The quantitative estimate of drug-likeness (QED) is 0.121. The third kappa shape index (κ3) is 15.5. The topological polar surface area (TPSA) is 147 Å². The van der Waals surface area contributed by atoms with Crippen molar-refractivity contribution >= 4 is 11.8 Å². The van der Waals surface area contributed by atoms with Crippen molar-refractivity contribution in [1.29, 1.82) is 0 Å². The minimum atomic E-state index is -2.09. The molecule has 0 rings (SSSR count). The van der Waals surface area contributed by atoms with Crippen LogP contribution in [0.25, 0.3) is 0 Å². The molecule has 0 unspecified atom stereocenters. The van der Waals surface area contributed by atoms with Gasteiger partial charge >= 0.3 is 0 Å². The summed E-state index contributed by atoms with van der Waals surface area (Å²) in [5.74, 6) is -1.73. The molecule has 0 saturated carbocycles. The first-order valence-corrected chi connectivity index (χ1v) is 12.2. The van der Waals surface area contributed by atoms with Crippen LogP contribution in [0.3, 0.4) is 0 Å². The van der Waals surface area contributed by atoms with Crippen molar-refractivity contribution in [2.24, 2.45) is 0 Å². The van der Waals surface area contributed by atoms with Gasteiger partial charge < -0.3 is 25.5 Å². The third-order valence-corrected chi connectivity index (χ3v) is 5.45. The number of rotatable bonds is 20. The Labute approximate surface area is 192 Å². The Kier molecular flexibility index (Phi) is 19.5. The van der Waals surface area contributed by atoms with Gasteiger partial charge in [0.1, 0.15) is 18.3 Å². The van der Waals surface area contributed by atoms with Gasteiger partial charge in [-0.25, -0.2) is 0 Å². The normalized spacial score (nSPS) is 15.4. The van der Waals surface area contributed by atoms with Gasteiger partial charge in [-0.1, -0.05) is 70.4 Å². The second kappa shape index (κ2) is 20.3. The minimum Gasteiger partial charge on any atom is -0.394 e. The molecule has 0 aliphatic heterocycles. The molecule has 8 heteroatoms. The molecule has 0 aromatic rings. The molecule has 6 N–H and O–H groups in total. The summed E-state index contributed by atoms with van der Waals surface area (Å²) in [6.07, 6.45) is 11.7. The number of carbonyl (C=O) groups is 2. The Morgan fingerprint density at radius 2 is 1.25 bits per heavy atom. The monoisotopic (exact) mass is 459 g/mol. The zero-order valence-corrected chi connectivity index (χ0v) is 19.6. The fraction of sp³-hybridized carbons (Fsp3) is 0.833. The van der Waals surface area contributed by atoms with E-state index in [1.807, 2.05) is 5.32 Å². The van der Waals surface area contributed by atoms with Gasteiger partial charge in [-0.05, 0) is 32.1 Å². The Balaban J connectivity index is 3.71. The molecular formula is C24H45NO7. The summed E-state index contributed by atoms with van der Waals surface area (Å²) < 4.78 is 0. The lowest BCUT2D eigenvalue weighted by Gasteiger charge is -2.24. The lowest BCUT2D eigenvalue weighted by molar-refractivity contribution is -0.151. The zero-order chi connectivity index (χ0) is 24.2. The highest BCUT2D eigenvalue weighted by molar-refractivity contribution is 5.97. The van der Waals surface area contributed by atoms with E-state index in [-0.39, 0.29) is 6.42 Å². The number of carbonyl (C=O) groups excluding carboxylic acids is 2. The van der Waals surface area contributed by atoms with E-state index in [4.69, 9.17) is 5.11 Å². The van der Waals surface area contributed by atoms with Crippen molar-refractivity contribution in [3.05, 3.63) is 12.2 Å². The van der Waals surface area contributed by atoms with Crippen LogP contribution < -0.4 is 5.32 Å². The molecule has 4 atom stereocenters. The molecule has 188 valence electrons. The van der Waals surface area contributed by atoms with Crippen LogP contribution in [0.2, 0.25) is 0 Å². The molecule has 32 heavy (non-hydrogen) atoms. The van der Waals surface area contributed by atoms with E-state index in [0.717, 1.165) is 38.5 Å². The average molecular weight is 460 g/mol. The molecule has 0 fully saturated rings. The van der Waals surface area contributed by atoms with Crippen LogP contribution in [0.15, 0.2) is 12.2 Å². The van der Waals surface area contributed by atoms with Gasteiger partial charge in [-0.3, -0.25) is 14.9 Å². The lowest BCUT2D eigenvalue weighted by Crippen LogP contribution is -2.52. The van der Waals surface area contributed by atoms with Crippen LogP contribution >= 0.6 is 0 Å². The maximum absolute atomic E-state index is 11.8. The van der Waals surface area contributed by atoms with Gasteiger partial charge in [0.2, 0.25) is 5.91 Å². The number of aliphatic hydroxyl groups excluding tert-OH is 5. The predicted octanol–water partition coefficient (Wildman–Crippen LogP) is 2.10. The fourth-order valence-electron chi connectivity index (χ4n) is 3.31. The maximum atomic E-state index is 11.8. The van der Waals surface area contributed by atoms with Crippen LogP contribution in [0.1, 0.15) is 96.8 Å². The van der Waals surface area contributed by atoms with Gasteiger partial charge in [0.15, 0.2) is 6.10 Å². The second-order valence-corrected chi connectivity index (χ2v) is 8.42. The first-order valence-electron chi connectivity index (χ1n) is 12.2. The number of unbranched alkanes of at least 4 members (excludes halogenated alkanes) is 11. The largest absolute Gasteiger partial charge is 0.394 e. The van der Waals surface area contributed by atoms with Crippen molar-refractivity contribution in [1.82, 2.24) is 5.32 Å². The smallest absolute Gasteiger partial charge is 0.258 e. The van der Waals surface area contributed by atoms with Gasteiger partial charge in [0.25, 0.3) is 5.91 Å². The van der Waals surface area contributed by atoms with E-state index in [1.165, 1.54) is 38.5 Å². The summed E-state index contributed by atoms with van der Waals surface area (Å²) in [5.41, 5.74) is 0. The number of hydrogen-bond acceptors (Lipinski definition) is 7. The van der Waals surface area contributed by atoms with E-state index in [1.54, 1.807) is 0 Å².